The molecule has 1 aromatic heterocycles. The van der Waals surface area contributed by atoms with Crippen molar-refractivity contribution in [2.75, 3.05) is 39.5 Å². The van der Waals surface area contributed by atoms with Gasteiger partial charge in [0.25, 0.3) is 0 Å². The number of morpholine rings is 1. The molecular weight excluding hydrogens is 454 g/mol. The Balaban J connectivity index is 1.81. The van der Waals surface area contributed by atoms with Gasteiger partial charge in [0.1, 0.15) is 0 Å². The highest BCUT2D eigenvalue weighted by Gasteiger charge is 2.41. The summed E-state index contributed by atoms with van der Waals surface area (Å²) in [6, 6.07) is 11.3. The minimum atomic E-state index is -2.75. The molecule has 1 unspecified atom stereocenters. The molecule has 0 radical (unpaired) electrons. The molecule has 1 aromatic carbocycles. The smallest absolute Gasteiger partial charge is 0.316 e. The lowest BCUT2D eigenvalue weighted by Gasteiger charge is -2.43. The van der Waals surface area contributed by atoms with Crippen molar-refractivity contribution in [2.45, 2.75) is 38.3 Å². The maximum absolute atomic E-state index is 14.8. The van der Waals surface area contributed by atoms with Gasteiger partial charge in [0.2, 0.25) is 0 Å². The fourth-order valence-corrected chi connectivity index (χ4v) is 5.27. The van der Waals surface area contributed by atoms with Gasteiger partial charge in [-0.2, -0.15) is 14.0 Å². The summed E-state index contributed by atoms with van der Waals surface area (Å²) in [6.45, 7) is 7.04. The number of alkyl halides is 2. The van der Waals surface area contributed by atoms with Gasteiger partial charge in [0.05, 0.1) is 48.9 Å². The fraction of sp³-hybridized carbons (Fsp3) is 0.480. The number of ether oxygens (including phenoxy) is 2. The number of hydrogen-bond acceptors (Lipinski definition) is 5. The predicted molar refractivity (Wildman–Crippen MR) is 131 cm³/mol. The van der Waals surface area contributed by atoms with E-state index in [0.29, 0.717) is 49.7 Å². The second kappa shape index (κ2) is 10.3. The van der Waals surface area contributed by atoms with Gasteiger partial charge in [-0.1, -0.05) is 31.8 Å². The molecule has 9 heteroatoms. The number of hydrogen-bond donors (Lipinski definition) is 1. The molecule has 3 heterocycles. The first kappa shape index (κ1) is 24.5. The van der Waals surface area contributed by atoms with Crippen LogP contribution in [0.5, 0.6) is 0 Å². The molecule has 1 N–H and O–H groups in total. The summed E-state index contributed by atoms with van der Waals surface area (Å²) in [4.78, 5) is 6.50. The molecule has 2 aliphatic heterocycles. The second-order valence-electron chi connectivity index (χ2n) is 9.88. The summed E-state index contributed by atoms with van der Waals surface area (Å²) in [5, 5.41) is 9.46. The van der Waals surface area contributed by atoms with E-state index in [2.05, 4.69) is 35.6 Å². The normalized spacial score (nSPS) is 18.9. The van der Waals surface area contributed by atoms with Crippen LogP contribution < -0.4 is 0 Å². The van der Waals surface area contributed by atoms with Gasteiger partial charge in [0.15, 0.2) is 0 Å². The maximum atomic E-state index is 14.8. The molecule has 0 aliphatic carbocycles. The molecule has 2 aromatic rings. The number of fused-ring (bicyclic) bond motifs is 1. The Bertz CT molecular complexity index is 1070. The number of aromatic nitrogens is 1. The van der Waals surface area contributed by atoms with E-state index in [0.717, 1.165) is 27.9 Å². The Morgan fingerprint density at radius 3 is 2.65 bits per heavy atom. The van der Waals surface area contributed by atoms with Gasteiger partial charge >= 0.3 is 6.55 Å². The van der Waals surface area contributed by atoms with Gasteiger partial charge in [0, 0.05) is 50.8 Å². The molecule has 2 aliphatic rings. The Morgan fingerprint density at radius 2 is 1.97 bits per heavy atom. The summed E-state index contributed by atoms with van der Waals surface area (Å²) < 4.78 is 41.2. The van der Waals surface area contributed by atoms with Gasteiger partial charge in [-0.3, -0.25) is 0 Å². The van der Waals surface area contributed by atoms with Crippen molar-refractivity contribution >= 4 is 19.5 Å². The van der Waals surface area contributed by atoms with Gasteiger partial charge in [-0.15, -0.1) is 0 Å². The molecule has 0 saturated carbocycles. The lowest BCUT2D eigenvalue weighted by atomic mass is 9.93. The average Bonchev–Trinajstić information content (AvgIpc) is 3.30. The summed E-state index contributed by atoms with van der Waals surface area (Å²) in [6.07, 6.45) is 1.80. The van der Waals surface area contributed by atoms with E-state index in [4.69, 9.17) is 9.47 Å². The summed E-state index contributed by atoms with van der Waals surface area (Å²) >= 11 is 0. The monoisotopic (exact) mass is 486 g/mol. The molecule has 0 amide bonds. The Labute approximate surface area is 200 Å². The predicted octanol–water partition coefficient (Wildman–Crippen LogP) is 4.98. The number of nitriles is 1. The topological polar surface area (TPSA) is 64.5 Å². The zero-order chi connectivity index (χ0) is 24.3. The van der Waals surface area contributed by atoms with E-state index in [1.54, 1.807) is 30.5 Å². The first-order valence-corrected chi connectivity index (χ1v) is 15.4. The van der Waals surface area contributed by atoms with E-state index < -0.39 is 20.7 Å². The highest BCUT2D eigenvalue weighted by Crippen LogP contribution is 2.46. The third-order valence-electron chi connectivity index (χ3n) is 6.26. The molecule has 1 saturated heterocycles. The van der Waals surface area contributed by atoms with Crippen molar-refractivity contribution in [3.05, 3.63) is 58.9 Å². The minimum Gasteiger partial charge on any atom is -0.379 e. The van der Waals surface area contributed by atoms with Crippen molar-refractivity contribution in [2.24, 2.45) is 0 Å². The SMILES string of the molecule is C[Si](C)(C)CCOCC1c2[nH]ccc2C(N2CCOCC2)=C(c2cccc(C#N)c2)N1C(F)F. The number of nitrogens with zero attached hydrogens (tertiary/aromatic N) is 3. The highest BCUT2D eigenvalue weighted by atomic mass is 28.3. The number of halogens is 2. The molecule has 6 nitrogen and oxygen atoms in total. The number of rotatable bonds is 8. The largest absolute Gasteiger partial charge is 0.379 e. The van der Waals surface area contributed by atoms with Gasteiger partial charge in [-0.05, 0) is 24.2 Å². The van der Waals surface area contributed by atoms with E-state index in [9.17, 15) is 14.0 Å². The number of H-pyrrole nitrogens is 1. The average molecular weight is 487 g/mol. The van der Waals surface area contributed by atoms with Crippen molar-refractivity contribution in [1.82, 2.24) is 14.8 Å². The summed E-state index contributed by atoms with van der Waals surface area (Å²) in [5.41, 5.74) is 3.83. The van der Waals surface area contributed by atoms with Crippen LogP contribution in [-0.4, -0.2) is 68.9 Å². The van der Waals surface area contributed by atoms with Crippen LogP contribution in [0, 0.1) is 11.3 Å². The molecule has 1 atom stereocenters. The van der Waals surface area contributed by atoms with Crippen molar-refractivity contribution < 1.29 is 18.3 Å². The molecule has 0 bridgehead atoms. The van der Waals surface area contributed by atoms with Gasteiger partial charge < -0.3 is 24.3 Å². The van der Waals surface area contributed by atoms with E-state index in [1.165, 1.54) is 0 Å². The van der Waals surface area contributed by atoms with E-state index in [1.807, 2.05) is 6.07 Å². The summed E-state index contributed by atoms with van der Waals surface area (Å²) in [7, 11) is -1.30. The van der Waals surface area contributed by atoms with Crippen molar-refractivity contribution in [3.8, 4) is 6.07 Å². The zero-order valence-corrected chi connectivity index (χ0v) is 21.0. The first-order chi connectivity index (χ1) is 16.3. The molecule has 182 valence electrons. The van der Waals surface area contributed by atoms with Crippen LogP contribution in [0.4, 0.5) is 8.78 Å². The zero-order valence-electron chi connectivity index (χ0n) is 20.0. The van der Waals surface area contributed by atoms with Gasteiger partial charge in [-0.25, -0.2) is 0 Å². The first-order valence-electron chi connectivity index (χ1n) is 11.7. The lowest BCUT2D eigenvalue weighted by Crippen LogP contribution is -2.43. The lowest BCUT2D eigenvalue weighted by molar-refractivity contribution is -0.0386. The van der Waals surface area contributed by atoms with Crippen LogP contribution >= 0.6 is 0 Å². The van der Waals surface area contributed by atoms with Crippen LogP contribution in [0.15, 0.2) is 36.5 Å². The van der Waals surface area contributed by atoms with Crippen LogP contribution in [0.2, 0.25) is 25.7 Å². The number of benzene rings is 1. The second-order valence-corrected chi connectivity index (χ2v) is 15.5. The Hall–Kier alpha value is -2.67. The van der Waals surface area contributed by atoms with E-state index >= 15 is 0 Å². The number of aromatic amines is 1. The highest BCUT2D eigenvalue weighted by molar-refractivity contribution is 6.76. The maximum Gasteiger partial charge on any atom is 0.316 e. The van der Waals surface area contributed by atoms with Crippen LogP contribution in [0.25, 0.3) is 11.4 Å². The van der Waals surface area contributed by atoms with Crippen LogP contribution in [-0.2, 0) is 9.47 Å². The standard InChI is InChI=1S/C25H32F2N4O2Si/c1-34(2,3)14-13-33-17-21-22-20(7-8-29-22)24(30-9-11-32-12-10-30)23(31(21)25(26)27)19-6-4-5-18(15-19)16-28/h4-8,15,21,25,29H,9-14,17H2,1-3H3. The third-order valence-corrected chi connectivity index (χ3v) is 7.96. The minimum absolute atomic E-state index is 0.153. The van der Waals surface area contributed by atoms with Crippen LogP contribution in [0.1, 0.15) is 28.4 Å². The van der Waals surface area contributed by atoms with Crippen molar-refractivity contribution in [1.29, 1.82) is 5.26 Å². The Morgan fingerprint density at radius 1 is 1.21 bits per heavy atom. The molecule has 0 spiro atoms. The Kier molecular flexibility index (Phi) is 7.41. The van der Waals surface area contributed by atoms with Crippen LogP contribution in [0.3, 0.4) is 0 Å². The third kappa shape index (κ3) is 5.19. The number of nitrogens with one attached hydrogen (secondary N) is 1. The molecule has 4 rings (SSSR count). The van der Waals surface area contributed by atoms with E-state index in [-0.39, 0.29) is 6.61 Å². The fourth-order valence-electron chi connectivity index (χ4n) is 4.51. The summed E-state index contributed by atoms with van der Waals surface area (Å²) in [5.74, 6) is 0. The van der Waals surface area contributed by atoms with Crippen molar-refractivity contribution in [3.63, 3.8) is 0 Å². The quantitative estimate of drug-likeness (QED) is 0.324. The molecule has 1 fully saturated rings. The molecule has 34 heavy (non-hydrogen) atoms. The molecular formula is C25H32F2N4O2Si.